The van der Waals surface area contributed by atoms with Crippen molar-refractivity contribution < 1.29 is 36.0 Å². The van der Waals surface area contributed by atoms with Crippen LogP contribution in [0, 0.1) is 0 Å². The Balaban J connectivity index is 1.44. The molecule has 3 aromatic rings. The van der Waals surface area contributed by atoms with Crippen LogP contribution in [0.3, 0.4) is 0 Å². The van der Waals surface area contributed by atoms with E-state index in [1.165, 1.54) is 24.1 Å². The van der Waals surface area contributed by atoms with Crippen LogP contribution >= 0.6 is 0 Å². The van der Waals surface area contributed by atoms with Gasteiger partial charge in [0.1, 0.15) is 11.9 Å². The van der Waals surface area contributed by atoms with Gasteiger partial charge in [-0.1, -0.05) is 30.3 Å². The number of imide groups is 1. The lowest BCUT2D eigenvalue weighted by atomic mass is 10.2. The molecule has 14 heteroatoms. The van der Waals surface area contributed by atoms with Crippen molar-refractivity contribution in [2.24, 2.45) is 0 Å². The molecule has 2 aromatic carbocycles. The largest absolute Gasteiger partial charge is 0.501 e. The average molecular weight is 562 g/mol. The molecule has 0 saturated carbocycles. The highest BCUT2D eigenvalue weighted by Crippen LogP contribution is 2.32. The summed E-state index contributed by atoms with van der Waals surface area (Å²) in [4.78, 5) is 43.3. The number of urea groups is 2. The number of nitrogens with one attached hydrogen (secondary N) is 2. The molecule has 0 bridgehead atoms. The van der Waals surface area contributed by atoms with Crippen LogP contribution in [0.4, 0.5) is 34.3 Å². The van der Waals surface area contributed by atoms with Gasteiger partial charge in [-0.15, -0.1) is 0 Å². The molecule has 10 nitrogen and oxygen atoms in total. The van der Waals surface area contributed by atoms with Gasteiger partial charge in [-0.25, -0.2) is 27.9 Å². The van der Waals surface area contributed by atoms with Crippen molar-refractivity contribution in [1.82, 2.24) is 15.2 Å². The maximum atomic E-state index is 13.1. The van der Waals surface area contributed by atoms with Gasteiger partial charge in [0.25, 0.3) is 15.7 Å². The van der Waals surface area contributed by atoms with Crippen molar-refractivity contribution in [2.75, 3.05) is 10.2 Å². The Morgan fingerprint density at radius 1 is 1.00 bits per heavy atom. The topological polar surface area (TPSA) is 129 Å². The van der Waals surface area contributed by atoms with Gasteiger partial charge in [0.15, 0.2) is 0 Å². The van der Waals surface area contributed by atoms with Crippen molar-refractivity contribution >= 4 is 39.3 Å². The van der Waals surface area contributed by atoms with Crippen LogP contribution in [-0.4, -0.2) is 47.8 Å². The second-order valence-electron chi connectivity index (χ2n) is 8.55. The van der Waals surface area contributed by atoms with E-state index in [9.17, 15) is 36.0 Å². The average Bonchev–Trinajstić information content (AvgIpc) is 3.10. The summed E-state index contributed by atoms with van der Waals surface area (Å²) in [5.74, 6) is -0.430. The predicted molar refractivity (Wildman–Crippen MR) is 134 cm³/mol. The molecule has 1 aliphatic heterocycles. The number of anilines is 2. The Kier molecular flexibility index (Phi) is 7.58. The fraction of sp³-hybridized carbons (Fsp3) is 0.200. The molecule has 1 fully saturated rings. The number of benzene rings is 2. The van der Waals surface area contributed by atoms with Crippen molar-refractivity contribution in [2.45, 2.75) is 36.5 Å². The van der Waals surface area contributed by atoms with Crippen LogP contribution in [0.2, 0.25) is 0 Å². The van der Waals surface area contributed by atoms with Gasteiger partial charge in [0.2, 0.25) is 0 Å². The van der Waals surface area contributed by atoms with E-state index >= 15 is 0 Å². The molecule has 2 heterocycles. The van der Waals surface area contributed by atoms with Gasteiger partial charge < -0.3 is 10.2 Å². The van der Waals surface area contributed by atoms with Crippen molar-refractivity contribution in [3.63, 3.8) is 0 Å². The minimum atomic E-state index is -5.58. The molecule has 1 aromatic heterocycles. The van der Waals surface area contributed by atoms with Crippen molar-refractivity contribution in [3.8, 4) is 0 Å². The summed E-state index contributed by atoms with van der Waals surface area (Å²) in [6.45, 7) is 1.75. The zero-order chi connectivity index (χ0) is 28.4. The van der Waals surface area contributed by atoms with E-state index in [4.69, 9.17) is 0 Å². The van der Waals surface area contributed by atoms with Crippen LogP contribution in [-0.2, 0) is 27.7 Å². The molecule has 0 radical (unpaired) electrons. The monoisotopic (exact) mass is 561 g/mol. The number of rotatable bonds is 7. The van der Waals surface area contributed by atoms with Crippen molar-refractivity contribution in [1.29, 1.82) is 0 Å². The minimum Gasteiger partial charge on any atom is -0.334 e. The molecule has 5 amide bonds. The molecule has 4 rings (SSSR count). The molecule has 1 aliphatic rings. The number of carbonyl (C=O) groups is 3. The maximum Gasteiger partial charge on any atom is 0.501 e. The lowest BCUT2D eigenvalue weighted by molar-refractivity contribution is -0.119. The van der Waals surface area contributed by atoms with Crippen molar-refractivity contribution in [3.05, 3.63) is 84.1 Å². The van der Waals surface area contributed by atoms with Gasteiger partial charge in [-0.3, -0.25) is 10.1 Å². The molecule has 0 aliphatic carbocycles. The Labute approximate surface area is 221 Å². The summed E-state index contributed by atoms with van der Waals surface area (Å²) >= 11 is 0. The predicted octanol–water partition coefficient (Wildman–Crippen LogP) is 4.05. The highest BCUT2D eigenvalue weighted by atomic mass is 32.2. The highest BCUT2D eigenvalue weighted by molar-refractivity contribution is 7.92. The molecule has 39 heavy (non-hydrogen) atoms. The third kappa shape index (κ3) is 5.85. The number of alkyl halides is 3. The van der Waals surface area contributed by atoms with Gasteiger partial charge in [-0.05, 0) is 54.4 Å². The summed E-state index contributed by atoms with van der Waals surface area (Å²) < 4.78 is 61.7. The van der Waals surface area contributed by atoms with Crippen LogP contribution in [0.15, 0.2) is 77.8 Å². The summed E-state index contributed by atoms with van der Waals surface area (Å²) in [6.07, 6.45) is 1.42. The lowest BCUT2D eigenvalue weighted by Crippen LogP contribution is -2.33. The van der Waals surface area contributed by atoms with Crippen LogP contribution in [0.25, 0.3) is 0 Å². The molecular formula is C25H22F3N5O5S. The summed E-state index contributed by atoms with van der Waals surface area (Å²) in [7, 11) is -5.58. The van der Waals surface area contributed by atoms with E-state index in [0.29, 0.717) is 24.2 Å². The SMILES string of the molecule is CC1C(=O)N(c2ccc(S(=O)(=O)C(F)(F)F)cc2)C(=O)N1Cc1ccnc(NC(=O)NCc2ccccc2)c1. The first-order valence-corrected chi connectivity index (χ1v) is 13.0. The number of halogens is 3. The van der Waals surface area contributed by atoms with Gasteiger partial charge in [0, 0.05) is 19.3 Å². The van der Waals surface area contributed by atoms with Gasteiger partial charge in [0.05, 0.1) is 10.6 Å². The number of hydrogen-bond acceptors (Lipinski definition) is 6. The van der Waals surface area contributed by atoms with E-state index < -0.39 is 44.3 Å². The summed E-state index contributed by atoms with van der Waals surface area (Å²) in [5.41, 5.74) is -4.11. The van der Waals surface area contributed by atoms with E-state index in [-0.39, 0.29) is 18.1 Å². The smallest absolute Gasteiger partial charge is 0.334 e. The van der Waals surface area contributed by atoms with Gasteiger partial charge >= 0.3 is 17.6 Å². The first kappa shape index (κ1) is 27.6. The fourth-order valence-corrected chi connectivity index (χ4v) is 4.60. The Morgan fingerprint density at radius 2 is 1.67 bits per heavy atom. The number of carbonyl (C=O) groups excluding carboxylic acids is 3. The van der Waals surface area contributed by atoms with Crippen LogP contribution in [0.1, 0.15) is 18.1 Å². The first-order valence-electron chi connectivity index (χ1n) is 11.5. The maximum absolute atomic E-state index is 13.1. The lowest BCUT2D eigenvalue weighted by Gasteiger charge is -2.20. The molecule has 1 atom stereocenters. The van der Waals surface area contributed by atoms with E-state index in [1.54, 1.807) is 6.07 Å². The summed E-state index contributed by atoms with van der Waals surface area (Å²) in [6, 6.07) is 13.5. The number of aromatic nitrogens is 1. The Bertz CT molecular complexity index is 1500. The Hall–Kier alpha value is -4.46. The second kappa shape index (κ2) is 10.7. The zero-order valence-electron chi connectivity index (χ0n) is 20.3. The normalized spacial score (nSPS) is 15.9. The standard InChI is InChI=1S/C25H22F3N5O5S/c1-16-22(34)33(19-7-9-20(10-8-19)39(37,38)25(26,27)28)24(36)32(16)15-18-11-12-29-21(13-18)31-23(35)30-14-17-5-3-2-4-6-17/h2-13,16H,14-15H2,1H3,(H2,29,30,31,35). The number of amides is 5. The van der Waals surface area contributed by atoms with Crippen LogP contribution in [0.5, 0.6) is 0 Å². The fourth-order valence-electron chi connectivity index (χ4n) is 3.84. The second-order valence-corrected chi connectivity index (χ2v) is 10.5. The molecule has 2 N–H and O–H groups in total. The zero-order valence-corrected chi connectivity index (χ0v) is 21.2. The molecule has 1 saturated heterocycles. The van der Waals surface area contributed by atoms with E-state index in [1.807, 2.05) is 30.3 Å². The van der Waals surface area contributed by atoms with E-state index in [2.05, 4.69) is 15.6 Å². The third-order valence-corrected chi connectivity index (χ3v) is 7.41. The quantitative estimate of drug-likeness (QED) is 0.419. The van der Waals surface area contributed by atoms with Gasteiger partial charge in [-0.2, -0.15) is 13.2 Å². The first-order chi connectivity index (χ1) is 18.4. The molecule has 204 valence electrons. The van der Waals surface area contributed by atoms with E-state index in [0.717, 1.165) is 22.6 Å². The molecule has 1 unspecified atom stereocenters. The third-order valence-electron chi connectivity index (χ3n) is 5.91. The molecule has 0 spiro atoms. The minimum absolute atomic E-state index is 0.0361. The Morgan fingerprint density at radius 3 is 2.31 bits per heavy atom. The number of nitrogens with zero attached hydrogens (tertiary/aromatic N) is 3. The van der Waals surface area contributed by atoms with Crippen LogP contribution < -0.4 is 15.5 Å². The molecular weight excluding hydrogens is 539 g/mol. The number of pyridine rings is 1. The number of sulfone groups is 1. The number of hydrogen-bond donors (Lipinski definition) is 2. The summed E-state index contributed by atoms with van der Waals surface area (Å²) in [5, 5.41) is 5.30. The highest BCUT2D eigenvalue weighted by Gasteiger charge is 2.47.